The molecule has 0 radical (unpaired) electrons. The average molecular weight is 440 g/mol. The maximum Gasteiger partial charge on any atom is 0.407 e. The first-order chi connectivity index (χ1) is 14.5. The minimum atomic E-state index is -1.12. The Hall–Kier alpha value is -3.34. The van der Waals surface area contributed by atoms with Crippen LogP contribution in [0.4, 0.5) is 4.79 Å². The van der Waals surface area contributed by atoms with Crippen molar-refractivity contribution in [2.24, 2.45) is 5.11 Å². The lowest BCUT2D eigenvalue weighted by molar-refractivity contribution is -0.199. The molecule has 172 valence electrons. The number of imide groups is 1. The molecule has 1 fully saturated rings. The van der Waals surface area contributed by atoms with Crippen molar-refractivity contribution in [1.29, 1.82) is 0 Å². The smallest absolute Gasteiger partial charge is 0.407 e. The maximum atomic E-state index is 12.4. The molecule has 0 aromatic rings. The normalized spacial score (nSPS) is 14.5. The molecule has 0 aliphatic carbocycles. The highest BCUT2D eigenvalue weighted by Gasteiger charge is 2.35. The van der Waals surface area contributed by atoms with Crippen LogP contribution in [0, 0.1) is 0 Å². The van der Waals surface area contributed by atoms with Gasteiger partial charge in [-0.1, -0.05) is 5.11 Å². The molecule has 0 spiro atoms. The van der Waals surface area contributed by atoms with Gasteiger partial charge in [0.05, 0.1) is 0 Å². The molecule has 31 heavy (non-hydrogen) atoms. The number of hydrogen-bond acceptors (Lipinski definition) is 8. The van der Waals surface area contributed by atoms with Gasteiger partial charge in [-0.05, 0) is 45.6 Å². The molecule has 2 N–H and O–H groups in total. The number of unbranched alkanes of at least 4 members (excludes halogenated alkanes) is 1. The third kappa shape index (κ3) is 10.3. The fourth-order valence-electron chi connectivity index (χ4n) is 2.50. The summed E-state index contributed by atoms with van der Waals surface area (Å²) in [6.07, 6.45) is 0.208. The largest absolute Gasteiger partial charge is 0.444 e. The number of rotatable bonds is 11. The molecular weight excluding hydrogens is 412 g/mol. The van der Waals surface area contributed by atoms with Crippen molar-refractivity contribution in [3.05, 3.63) is 10.4 Å². The van der Waals surface area contributed by atoms with E-state index in [1.807, 2.05) is 0 Å². The molecule has 1 heterocycles. The van der Waals surface area contributed by atoms with Crippen LogP contribution in [0.5, 0.6) is 0 Å². The highest BCUT2D eigenvalue weighted by molar-refractivity contribution is 6.01. The van der Waals surface area contributed by atoms with E-state index >= 15 is 0 Å². The summed E-state index contributed by atoms with van der Waals surface area (Å²) < 4.78 is 5.11. The highest BCUT2D eigenvalue weighted by atomic mass is 16.7. The van der Waals surface area contributed by atoms with Crippen LogP contribution in [0.3, 0.4) is 0 Å². The van der Waals surface area contributed by atoms with Crippen LogP contribution in [0.15, 0.2) is 5.11 Å². The summed E-state index contributed by atoms with van der Waals surface area (Å²) in [7, 11) is 0. The fourth-order valence-corrected chi connectivity index (χ4v) is 2.50. The summed E-state index contributed by atoms with van der Waals surface area (Å²) in [4.78, 5) is 66.7. The van der Waals surface area contributed by atoms with Gasteiger partial charge in [-0.15, -0.1) is 5.06 Å². The lowest BCUT2D eigenvalue weighted by atomic mass is 10.1. The molecule has 1 aliphatic rings. The molecule has 0 aromatic heterocycles. The van der Waals surface area contributed by atoms with Crippen molar-refractivity contribution in [3.8, 4) is 0 Å². The quantitative estimate of drug-likeness (QED) is 0.160. The number of carbonyl (C=O) groups excluding carboxylic acids is 5. The Bertz CT molecular complexity index is 726. The van der Waals surface area contributed by atoms with Gasteiger partial charge in [-0.25, -0.2) is 9.59 Å². The predicted molar refractivity (Wildman–Crippen MR) is 106 cm³/mol. The van der Waals surface area contributed by atoms with Crippen LogP contribution in [-0.4, -0.2) is 59.6 Å². The molecule has 0 saturated carbocycles. The first-order valence-electron chi connectivity index (χ1n) is 9.88. The topological polar surface area (TPSA) is 180 Å². The zero-order valence-electron chi connectivity index (χ0n) is 17.9. The number of azide groups is 1. The molecule has 1 rings (SSSR count). The standard InChI is InChI=1S/C18H28N6O7/c1-18(2,3)30-17(29)20-10-5-4-6-12(22-13(25)9-11-21-23-19)16(28)31-24-14(26)7-8-15(24)27/h12H,4-11H2,1-3H3,(H,20,29)(H,22,25)/t12-/m0/s1. The SMILES string of the molecule is CC(C)(C)OC(=O)NCCCC[C@H](NC(=O)CCN=[N+]=[N-])C(=O)ON1C(=O)CCC1=O. The molecule has 1 atom stereocenters. The van der Waals surface area contributed by atoms with Crippen LogP contribution < -0.4 is 10.6 Å². The van der Waals surface area contributed by atoms with Gasteiger partial charge in [0.15, 0.2) is 0 Å². The molecule has 13 heteroatoms. The Morgan fingerprint density at radius 1 is 1.19 bits per heavy atom. The van der Waals surface area contributed by atoms with Crippen molar-refractivity contribution in [3.63, 3.8) is 0 Å². The monoisotopic (exact) mass is 440 g/mol. The molecule has 0 bridgehead atoms. The molecule has 0 unspecified atom stereocenters. The Kier molecular flexibility index (Phi) is 10.3. The third-order valence-electron chi connectivity index (χ3n) is 3.90. The lowest BCUT2D eigenvalue weighted by Gasteiger charge is -2.21. The van der Waals surface area contributed by atoms with Gasteiger partial charge in [0, 0.05) is 37.3 Å². The van der Waals surface area contributed by atoms with Gasteiger partial charge in [0.1, 0.15) is 11.6 Å². The zero-order valence-corrected chi connectivity index (χ0v) is 17.9. The van der Waals surface area contributed by atoms with Crippen LogP contribution in [-0.2, 0) is 28.8 Å². The van der Waals surface area contributed by atoms with Crippen molar-refractivity contribution in [2.45, 2.75) is 70.9 Å². The highest BCUT2D eigenvalue weighted by Crippen LogP contribution is 2.14. The van der Waals surface area contributed by atoms with Gasteiger partial charge in [0.25, 0.3) is 11.8 Å². The number of alkyl carbamates (subject to hydrolysis) is 1. The molecule has 13 nitrogen and oxygen atoms in total. The molecule has 0 aromatic carbocycles. The average Bonchev–Trinajstić information content (AvgIpc) is 2.97. The number of hydrogen-bond donors (Lipinski definition) is 2. The van der Waals surface area contributed by atoms with Gasteiger partial charge < -0.3 is 20.2 Å². The summed E-state index contributed by atoms with van der Waals surface area (Å²) in [6, 6.07) is -1.12. The van der Waals surface area contributed by atoms with E-state index in [1.54, 1.807) is 20.8 Å². The molecule has 1 saturated heterocycles. The second-order valence-corrected chi connectivity index (χ2v) is 7.74. The third-order valence-corrected chi connectivity index (χ3v) is 3.90. The van der Waals surface area contributed by atoms with E-state index in [2.05, 4.69) is 20.7 Å². The van der Waals surface area contributed by atoms with Gasteiger partial charge in [-0.3, -0.25) is 14.4 Å². The number of hydroxylamine groups is 2. The fraction of sp³-hybridized carbons (Fsp3) is 0.722. The van der Waals surface area contributed by atoms with Crippen LogP contribution in [0.25, 0.3) is 10.4 Å². The lowest BCUT2D eigenvalue weighted by Crippen LogP contribution is -2.45. The van der Waals surface area contributed by atoms with E-state index < -0.39 is 41.4 Å². The molecule has 1 aliphatic heterocycles. The maximum absolute atomic E-state index is 12.4. The summed E-state index contributed by atoms with van der Waals surface area (Å²) in [5, 5.41) is 8.69. The van der Waals surface area contributed by atoms with E-state index in [-0.39, 0.29) is 38.8 Å². The number of nitrogens with one attached hydrogen (secondary N) is 2. The van der Waals surface area contributed by atoms with E-state index in [4.69, 9.17) is 15.1 Å². The van der Waals surface area contributed by atoms with Crippen molar-refractivity contribution in [2.75, 3.05) is 13.1 Å². The Morgan fingerprint density at radius 3 is 2.42 bits per heavy atom. The minimum Gasteiger partial charge on any atom is -0.444 e. The van der Waals surface area contributed by atoms with E-state index in [0.29, 0.717) is 17.9 Å². The molecular formula is C18H28N6O7. The second kappa shape index (κ2) is 12.4. The Morgan fingerprint density at radius 2 is 1.84 bits per heavy atom. The first kappa shape index (κ1) is 25.7. The first-order valence-corrected chi connectivity index (χ1v) is 9.88. The number of ether oxygens (including phenoxy) is 1. The zero-order chi connectivity index (χ0) is 23.4. The summed E-state index contributed by atoms with van der Waals surface area (Å²) in [5.74, 6) is -2.78. The molecule has 4 amide bonds. The van der Waals surface area contributed by atoms with E-state index in [9.17, 15) is 24.0 Å². The van der Waals surface area contributed by atoms with Gasteiger partial charge >= 0.3 is 12.1 Å². The van der Waals surface area contributed by atoms with Crippen molar-refractivity contribution >= 4 is 29.8 Å². The number of carbonyl (C=O) groups is 5. The number of nitrogens with zero attached hydrogens (tertiary/aromatic N) is 4. The Labute approximate surface area is 179 Å². The predicted octanol–water partition coefficient (Wildman–Crippen LogP) is 1.47. The van der Waals surface area contributed by atoms with Gasteiger partial charge in [0.2, 0.25) is 5.91 Å². The second-order valence-electron chi connectivity index (χ2n) is 7.74. The number of amides is 4. The van der Waals surface area contributed by atoms with E-state index in [1.165, 1.54) is 0 Å². The van der Waals surface area contributed by atoms with Crippen LogP contribution >= 0.6 is 0 Å². The summed E-state index contributed by atoms with van der Waals surface area (Å²) in [6.45, 7) is 5.41. The Balaban J connectivity index is 2.57. The van der Waals surface area contributed by atoms with Crippen molar-refractivity contribution < 1.29 is 33.5 Å². The van der Waals surface area contributed by atoms with Gasteiger partial charge in [-0.2, -0.15) is 0 Å². The van der Waals surface area contributed by atoms with Crippen LogP contribution in [0.2, 0.25) is 0 Å². The summed E-state index contributed by atoms with van der Waals surface area (Å²) >= 11 is 0. The minimum absolute atomic E-state index is 0.0500. The van der Waals surface area contributed by atoms with E-state index in [0.717, 1.165) is 0 Å². The summed E-state index contributed by atoms with van der Waals surface area (Å²) in [5.41, 5.74) is 7.65. The van der Waals surface area contributed by atoms with Crippen molar-refractivity contribution in [1.82, 2.24) is 15.7 Å². The van der Waals surface area contributed by atoms with Crippen LogP contribution in [0.1, 0.15) is 59.3 Å².